The van der Waals surface area contributed by atoms with Crippen LogP contribution in [0, 0.1) is 5.82 Å². The topological polar surface area (TPSA) is 134 Å². The minimum Gasteiger partial charge on any atom is -0.369 e. The molecule has 10 nitrogen and oxygen atoms in total. The number of carbonyl (C=O) groups excluding carboxylic acids is 2. The molecule has 3 aromatic rings. The number of piperazine rings is 1. The fourth-order valence-electron chi connectivity index (χ4n) is 5.71. The Bertz CT molecular complexity index is 1450. The molecule has 1 saturated carbocycles. The summed E-state index contributed by atoms with van der Waals surface area (Å²) in [6.45, 7) is 10.6. The summed E-state index contributed by atoms with van der Waals surface area (Å²) >= 11 is 0. The van der Waals surface area contributed by atoms with Gasteiger partial charge in [0, 0.05) is 56.7 Å². The number of benzene rings is 2. The molecule has 2 aromatic carbocycles. The standard InChI is InChI=1S/C23H33N7O.C10H10FNO/c1-17(2)28-12-14-29(15-13-28)19-8-6-18(7-9-19)26-23-21(22(24)31)25-16-20(27-23)30-10-4-3-5-11-30;11-9-5-7(6-1-2-6)3-4-8(9)10(12)13/h6-9,16-17H,3-5,10-15H2,1-2H3,(H2,24,31)(H,26,27);3-6H,1-2H2,(H2,12,13). The van der Waals surface area contributed by atoms with Gasteiger partial charge in [-0.15, -0.1) is 0 Å². The summed E-state index contributed by atoms with van der Waals surface area (Å²) in [6, 6.07) is 13.5. The molecule has 2 aliphatic heterocycles. The molecule has 44 heavy (non-hydrogen) atoms. The number of nitrogens with two attached hydrogens (primary N) is 2. The van der Waals surface area contributed by atoms with Crippen LogP contribution in [-0.4, -0.2) is 72.0 Å². The monoisotopic (exact) mass is 602 g/mol. The summed E-state index contributed by atoms with van der Waals surface area (Å²) in [5, 5.41) is 3.26. The van der Waals surface area contributed by atoms with E-state index in [-0.39, 0.29) is 11.3 Å². The molecule has 2 saturated heterocycles. The second kappa shape index (κ2) is 14.0. The second-order valence-corrected chi connectivity index (χ2v) is 12.0. The molecule has 0 bridgehead atoms. The second-order valence-electron chi connectivity index (χ2n) is 12.0. The Hall–Kier alpha value is -4.25. The van der Waals surface area contributed by atoms with E-state index < -0.39 is 17.6 Å². The van der Waals surface area contributed by atoms with Gasteiger partial charge in [-0.3, -0.25) is 14.5 Å². The number of rotatable bonds is 8. The quantitative estimate of drug-likeness (QED) is 0.340. The van der Waals surface area contributed by atoms with E-state index in [1.54, 1.807) is 12.3 Å². The van der Waals surface area contributed by atoms with Crippen molar-refractivity contribution < 1.29 is 14.0 Å². The summed E-state index contributed by atoms with van der Waals surface area (Å²) < 4.78 is 13.2. The van der Waals surface area contributed by atoms with Crippen molar-refractivity contribution in [3.8, 4) is 0 Å². The molecule has 234 valence electrons. The number of aromatic nitrogens is 2. The predicted molar refractivity (Wildman–Crippen MR) is 172 cm³/mol. The minimum absolute atomic E-state index is 0.0237. The van der Waals surface area contributed by atoms with Crippen molar-refractivity contribution in [3.63, 3.8) is 0 Å². The van der Waals surface area contributed by atoms with Crippen LogP contribution in [0.2, 0.25) is 0 Å². The Labute approximate surface area is 258 Å². The molecule has 1 aliphatic carbocycles. The highest BCUT2D eigenvalue weighted by molar-refractivity contribution is 5.96. The third-order valence-corrected chi connectivity index (χ3v) is 8.52. The van der Waals surface area contributed by atoms with Crippen molar-refractivity contribution >= 4 is 34.8 Å². The maximum absolute atomic E-state index is 13.2. The fourth-order valence-corrected chi connectivity index (χ4v) is 5.71. The van der Waals surface area contributed by atoms with Crippen molar-refractivity contribution in [2.24, 2.45) is 11.5 Å². The first-order valence-corrected chi connectivity index (χ1v) is 15.6. The highest BCUT2D eigenvalue weighted by atomic mass is 19.1. The molecule has 3 heterocycles. The van der Waals surface area contributed by atoms with Crippen molar-refractivity contribution in [1.29, 1.82) is 0 Å². The Morgan fingerprint density at radius 2 is 1.57 bits per heavy atom. The lowest BCUT2D eigenvalue weighted by Gasteiger charge is -2.38. The first kappa shape index (κ1) is 31.2. The van der Waals surface area contributed by atoms with Crippen LogP contribution in [0.15, 0.2) is 48.7 Å². The third-order valence-electron chi connectivity index (χ3n) is 8.52. The van der Waals surface area contributed by atoms with Gasteiger partial charge in [0.05, 0.1) is 11.8 Å². The number of hydrogen-bond donors (Lipinski definition) is 3. The first-order valence-electron chi connectivity index (χ1n) is 15.6. The number of hydrogen-bond acceptors (Lipinski definition) is 8. The lowest BCUT2D eigenvalue weighted by molar-refractivity contribution is 0.0987. The van der Waals surface area contributed by atoms with Gasteiger partial charge >= 0.3 is 0 Å². The number of amides is 2. The van der Waals surface area contributed by atoms with E-state index in [1.165, 1.54) is 24.2 Å². The summed E-state index contributed by atoms with van der Waals surface area (Å²) in [6.07, 6.45) is 7.43. The van der Waals surface area contributed by atoms with Gasteiger partial charge in [0.15, 0.2) is 11.5 Å². The molecule has 3 fully saturated rings. The number of halogens is 1. The van der Waals surface area contributed by atoms with Crippen LogP contribution in [0.4, 0.5) is 27.4 Å². The van der Waals surface area contributed by atoms with E-state index in [2.05, 4.69) is 56.0 Å². The Kier molecular flexibility index (Phi) is 9.94. The highest BCUT2D eigenvalue weighted by Crippen LogP contribution is 2.40. The zero-order valence-corrected chi connectivity index (χ0v) is 25.6. The van der Waals surface area contributed by atoms with Gasteiger partial charge < -0.3 is 26.6 Å². The van der Waals surface area contributed by atoms with Crippen molar-refractivity contribution in [2.45, 2.75) is 57.9 Å². The third kappa shape index (κ3) is 7.82. The van der Waals surface area contributed by atoms with Crippen LogP contribution in [0.3, 0.4) is 0 Å². The zero-order chi connectivity index (χ0) is 31.2. The number of piperidine rings is 1. The number of nitrogens with one attached hydrogen (secondary N) is 1. The number of nitrogens with zero attached hydrogens (tertiary/aromatic N) is 5. The molecule has 5 N–H and O–H groups in total. The van der Waals surface area contributed by atoms with Gasteiger partial charge in [-0.2, -0.15) is 0 Å². The average Bonchev–Trinajstić information content (AvgIpc) is 3.88. The molecular weight excluding hydrogens is 559 g/mol. The van der Waals surface area contributed by atoms with Gasteiger partial charge in [-0.25, -0.2) is 14.4 Å². The maximum Gasteiger partial charge on any atom is 0.271 e. The smallest absolute Gasteiger partial charge is 0.271 e. The molecule has 3 aliphatic rings. The molecule has 2 amide bonds. The molecule has 0 atom stereocenters. The van der Waals surface area contributed by atoms with Crippen LogP contribution in [0.5, 0.6) is 0 Å². The molecular formula is C33H43FN8O2. The van der Waals surface area contributed by atoms with Crippen LogP contribution in [0.1, 0.15) is 78.3 Å². The molecule has 0 radical (unpaired) electrons. The average molecular weight is 603 g/mol. The molecule has 6 rings (SSSR count). The number of anilines is 4. The summed E-state index contributed by atoms with van der Waals surface area (Å²) in [5.41, 5.74) is 13.7. The SMILES string of the molecule is CC(C)N1CCN(c2ccc(Nc3nc(N4CCCCC4)cnc3C(N)=O)cc2)CC1.NC(=O)c1ccc(C2CC2)cc1F. The van der Waals surface area contributed by atoms with Gasteiger partial charge in [0.25, 0.3) is 11.8 Å². The highest BCUT2D eigenvalue weighted by Gasteiger charge is 2.25. The minimum atomic E-state index is -0.708. The van der Waals surface area contributed by atoms with Gasteiger partial charge in [-0.1, -0.05) is 6.07 Å². The molecule has 0 spiro atoms. The van der Waals surface area contributed by atoms with Gasteiger partial charge in [-0.05, 0) is 93.8 Å². The van der Waals surface area contributed by atoms with E-state index >= 15 is 0 Å². The van der Waals surface area contributed by atoms with Crippen LogP contribution in [0.25, 0.3) is 0 Å². The van der Waals surface area contributed by atoms with E-state index in [0.717, 1.165) is 82.0 Å². The Morgan fingerprint density at radius 3 is 2.14 bits per heavy atom. The van der Waals surface area contributed by atoms with Crippen molar-refractivity contribution in [1.82, 2.24) is 14.9 Å². The lowest BCUT2D eigenvalue weighted by Crippen LogP contribution is -2.48. The summed E-state index contributed by atoms with van der Waals surface area (Å²) in [4.78, 5) is 38.7. The fraction of sp³-hybridized carbons (Fsp3) is 0.455. The van der Waals surface area contributed by atoms with Crippen LogP contribution >= 0.6 is 0 Å². The van der Waals surface area contributed by atoms with Crippen molar-refractivity contribution in [3.05, 3.63) is 71.3 Å². The van der Waals surface area contributed by atoms with E-state index in [1.807, 2.05) is 12.1 Å². The van der Waals surface area contributed by atoms with E-state index in [9.17, 15) is 14.0 Å². The normalized spacial score (nSPS) is 17.2. The maximum atomic E-state index is 13.2. The first-order chi connectivity index (χ1) is 21.2. The number of primary amides is 2. The number of carbonyl (C=O) groups is 2. The van der Waals surface area contributed by atoms with Crippen LogP contribution in [-0.2, 0) is 0 Å². The van der Waals surface area contributed by atoms with E-state index in [4.69, 9.17) is 11.5 Å². The van der Waals surface area contributed by atoms with Crippen molar-refractivity contribution in [2.75, 3.05) is 54.4 Å². The predicted octanol–water partition coefficient (Wildman–Crippen LogP) is 4.64. The summed E-state index contributed by atoms with van der Waals surface area (Å²) in [5.74, 6) is -0.103. The largest absolute Gasteiger partial charge is 0.369 e. The Balaban J connectivity index is 0.000000245. The summed E-state index contributed by atoms with van der Waals surface area (Å²) in [7, 11) is 0. The molecule has 11 heteroatoms. The zero-order valence-electron chi connectivity index (χ0n) is 25.6. The van der Waals surface area contributed by atoms with Crippen LogP contribution < -0.4 is 26.6 Å². The van der Waals surface area contributed by atoms with E-state index in [0.29, 0.717) is 17.8 Å². The molecule has 0 unspecified atom stereocenters. The van der Waals surface area contributed by atoms with Gasteiger partial charge in [0.1, 0.15) is 11.6 Å². The molecule has 1 aromatic heterocycles. The Morgan fingerprint density at radius 1 is 0.886 bits per heavy atom. The lowest BCUT2D eigenvalue weighted by atomic mass is 10.1. The van der Waals surface area contributed by atoms with Gasteiger partial charge in [0.2, 0.25) is 0 Å².